The summed E-state index contributed by atoms with van der Waals surface area (Å²) in [6.45, 7) is 6.74. The monoisotopic (exact) mass is 416 g/mol. The fourth-order valence-electron chi connectivity index (χ4n) is 6.34. The highest BCUT2D eigenvalue weighted by Gasteiger charge is 2.56. The van der Waals surface area contributed by atoms with E-state index >= 15 is 0 Å². The summed E-state index contributed by atoms with van der Waals surface area (Å²) < 4.78 is 27.3. The maximum absolute atomic E-state index is 14.1. The summed E-state index contributed by atoms with van der Waals surface area (Å²) in [7, 11) is 0. The third-order valence-electron chi connectivity index (χ3n) is 7.80. The molecule has 4 aliphatic rings. The van der Waals surface area contributed by atoms with Crippen LogP contribution < -0.4 is 16.0 Å². The zero-order chi connectivity index (χ0) is 20.9. The normalized spacial score (nSPS) is 36.8. The Hall–Kier alpha value is -1.34. The van der Waals surface area contributed by atoms with Crippen LogP contribution in [-0.4, -0.2) is 47.9 Å². The number of piperazine rings is 1. The van der Waals surface area contributed by atoms with E-state index in [1.165, 1.54) is 24.5 Å². The first kappa shape index (κ1) is 20.6. The topological polar surface area (TPSA) is 39.3 Å². The Morgan fingerprint density at radius 1 is 1.17 bits per heavy atom. The molecule has 0 aromatic heterocycles. The van der Waals surface area contributed by atoms with Crippen LogP contribution in [0.25, 0.3) is 6.08 Å². The van der Waals surface area contributed by atoms with Crippen molar-refractivity contribution in [2.24, 2.45) is 5.92 Å². The van der Waals surface area contributed by atoms with E-state index in [9.17, 15) is 8.78 Å². The van der Waals surface area contributed by atoms with Crippen molar-refractivity contribution in [2.45, 2.75) is 82.3 Å². The molecular formula is C24H34F2N4. The number of hydrogen-bond donors (Lipinski definition) is 3. The molecule has 0 amide bonds. The van der Waals surface area contributed by atoms with Gasteiger partial charge in [0.05, 0.1) is 12.3 Å². The van der Waals surface area contributed by atoms with Gasteiger partial charge in [-0.3, -0.25) is 10.2 Å². The van der Waals surface area contributed by atoms with E-state index in [0.29, 0.717) is 35.9 Å². The van der Waals surface area contributed by atoms with Crippen LogP contribution in [0.2, 0.25) is 0 Å². The van der Waals surface area contributed by atoms with Crippen LogP contribution in [0.3, 0.4) is 0 Å². The van der Waals surface area contributed by atoms with Crippen LogP contribution >= 0.6 is 0 Å². The van der Waals surface area contributed by atoms with Crippen LogP contribution in [0.5, 0.6) is 0 Å². The van der Waals surface area contributed by atoms with Gasteiger partial charge >= 0.3 is 0 Å². The van der Waals surface area contributed by atoms with Gasteiger partial charge < -0.3 is 10.6 Å². The first-order chi connectivity index (χ1) is 14.5. The fourth-order valence-corrected chi connectivity index (χ4v) is 6.34. The zero-order valence-electron chi connectivity index (χ0n) is 18.1. The summed E-state index contributed by atoms with van der Waals surface area (Å²) in [4.78, 5) is 2.75. The minimum Gasteiger partial charge on any atom is -0.304 e. The van der Waals surface area contributed by atoms with Gasteiger partial charge in [0.25, 0.3) is 0 Å². The number of nitrogens with zero attached hydrogens (tertiary/aromatic N) is 1. The number of hydrogen-bond acceptors (Lipinski definition) is 4. The highest BCUT2D eigenvalue weighted by atomic mass is 19.1. The Balaban J connectivity index is 1.38. The lowest BCUT2D eigenvalue weighted by Gasteiger charge is -2.59. The second kappa shape index (κ2) is 7.97. The summed E-state index contributed by atoms with van der Waals surface area (Å²) >= 11 is 0. The number of benzene rings is 1. The smallest absolute Gasteiger partial charge is 0.133 e. The van der Waals surface area contributed by atoms with Crippen molar-refractivity contribution in [3.05, 3.63) is 41.0 Å². The molecule has 0 bridgehead atoms. The molecule has 1 aromatic rings. The quantitative estimate of drug-likeness (QED) is 0.689. The van der Waals surface area contributed by atoms with Crippen LogP contribution in [-0.2, 0) is 0 Å². The highest BCUT2D eigenvalue weighted by Crippen LogP contribution is 2.44. The average Bonchev–Trinajstić information content (AvgIpc) is 3.19. The average molecular weight is 417 g/mol. The molecular weight excluding hydrogens is 382 g/mol. The van der Waals surface area contributed by atoms with Gasteiger partial charge in [0.15, 0.2) is 0 Å². The number of rotatable bonds is 2. The second-order valence-corrected chi connectivity index (χ2v) is 9.98. The summed E-state index contributed by atoms with van der Waals surface area (Å²) in [6.07, 6.45) is 9.26. The van der Waals surface area contributed by atoms with Gasteiger partial charge in [-0.05, 0) is 63.1 Å². The van der Waals surface area contributed by atoms with Gasteiger partial charge in [-0.1, -0.05) is 25.5 Å². The van der Waals surface area contributed by atoms with Gasteiger partial charge in [0.2, 0.25) is 0 Å². The lowest BCUT2D eigenvalue weighted by Crippen LogP contribution is -2.78. The van der Waals surface area contributed by atoms with Gasteiger partial charge in [-0.2, -0.15) is 0 Å². The first-order valence-electron chi connectivity index (χ1n) is 11.6. The molecule has 5 rings (SSSR count). The van der Waals surface area contributed by atoms with Crippen molar-refractivity contribution in [2.75, 3.05) is 13.1 Å². The molecule has 3 aliphatic heterocycles. The van der Waals surface area contributed by atoms with Gasteiger partial charge in [-0.25, -0.2) is 8.78 Å². The molecule has 3 saturated heterocycles. The van der Waals surface area contributed by atoms with E-state index < -0.39 is 11.6 Å². The second-order valence-electron chi connectivity index (χ2n) is 9.98. The Morgan fingerprint density at radius 3 is 2.70 bits per heavy atom. The van der Waals surface area contributed by atoms with Gasteiger partial charge in [-0.15, -0.1) is 0 Å². The summed E-state index contributed by atoms with van der Waals surface area (Å²) in [5.74, 6) is -0.427. The van der Waals surface area contributed by atoms with Crippen molar-refractivity contribution in [1.82, 2.24) is 20.9 Å². The molecule has 3 heterocycles. The predicted molar refractivity (Wildman–Crippen MR) is 116 cm³/mol. The maximum Gasteiger partial charge on any atom is 0.133 e. The Kier molecular flexibility index (Phi) is 5.46. The molecule has 164 valence electrons. The number of allylic oxidation sites excluding steroid dienone is 1. The number of piperidine rings is 1. The van der Waals surface area contributed by atoms with Crippen molar-refractivity contribution < 1.29 is 8.78 Å². The summed E-state index contributed by atoms with van der Waals surface area (Å²) in [6, 6.07) is 4.82. The first-order valence-corrected chi connectivity index (χ1v) is 11.6. The minimum atomic E-state index is -0.521. The molecule has 3 N–H and O–H groups in total. The predicted octanol–water partition coefficient (Wildman–Crippen LogP) is 3.60. The zero-order valence-corrected chi connectivity index (χ0v) is 18.1. The molecule has 4 nitrogen and oxygen atoms in total. The number of halogens is 2. The maximum atomic E-state index is 14.1. The van der Waals surface area contributed by atoms with E-state index in [1.54, 1.807) is 6.07 Å². The van der Waals surface area contributed by atoms with Gasteiger partial charge in [0.1, 0.15) is 11.6 Å². The highest BCUT2D eigenvalue weighted by molar-refractivity contribution is 5.54. The van der Waals surface area contributed by atoms with E-state index in [0.717, 1.165) is 44.8 Å². The molecule has 30 heavy (non-hydrogen) atoms. The molecule has 6 heteroatoms. The van der Waals surface area contributed by atoms with Gasteiger partial charge in [0, 0.05) is 35.8 Å². The van der Waals surface area contributed by atoms with Crippen molar-refractivity contribution in [3.8, 4) is 0 Å². The summed E-state index contributed by atoms with van der Waals surface area (Å²) in [5, 5.41) is 11.7. The molecule has 0 radical (unpaired) electrons. The third-order valence-corrected chi connectivity index (χ3v) is 7.80. The van der Waals surface area contributed by atoms with E-state index in [1.807, 2.05) is 6.08 Å². The molecule has 4 fully saturated rings. The van der Waals surface area contributed by atoms with E-state index in [2.05, 4.69) is 34.7 Å². The molecule has 4 unspecified atom stereocenters. The molecule has 1 spiro atoms. The largest absolute Gasteiger partial charge is 0.304 e. The van der Waals surface area contributed by atoms with Crippen LogP contribution in [0, 0.1) is 17.6 Å². The SMILES string of the molecule is CC(C)C1NCC2N1C1NCCCC1NC21CCC(=Cc2ccc(F)cc2F)CC1. The molecule has 1 saturated carbocycles. The molecule has 4 atom stereocenters. The lowest BCUT2D eigenvalue weighted by atomic mass is 9.71. The Morgan fingerprint density at radius 2 is 1.97 bits per heavy atom. The Bertz CT molecular complexity index is 813. The lowest BCUT2D eigenvalue weighted by molar-refractivity contribution is -0.0553. The van der Waals surface area contributed by atoms with Crippen molar-refractivity contribution in [3.63, 3.8) is 0 Å². The molecule has 1 aliphatic carbocycles. The molecule has 1 aromatic carbocycles. The third kappa shape index (κ3) is 3.52. The minimum absolute atomic E-state index is 0.107. The number of nitrogens with one attached hydrogen (secondary N) is 3. The van der Waals surface area contributed by atoms with E-state index in [4.69, 9.17) is 0 Å². The van der Waals surface area contributed by atoms with Crippen LogP contribution in [0.1, 0.15) is 57.9 Å². The van der Waals surface area contributed by atoms with Crippen molar-refractivity contribution in [1.29, 1.82) is 0 Å². The Labute approximate surface area is 178 Å². The van der Waals surface area contributed by atoms with Crippen LogP contribution in [0.15, 0.2) is 23.8 Å². The van der Waals surface area contributed by atoms with E-state index in [-0.39, 0.29) is 5.54 Å². The van der Waals surface area contributed by atoms with Crippen LogP contribution in [0.4, 0.5) is 8.78 Å². The standard InChI is InChI=1S/C24H34F2N4/c1-15(2)22-28-14-21-24(29-20-4-3-11-27-23(20)30(21)22)9-7-16(8-10-24)12-17-5-6-18(25)13-19(17)26/h5-6,12-13,15,20-23,27-29H,3-4,7-11,14H2,1-2H3. The number of fused-ring (bicyclic) bond motifs is 4. The summed E-state index contributed by atoms with van der Waals surface area (Å²) in [5.41, 5.74) is 1.88. The van der Waals surface area contributed by atoms with Crippen molar-refractivity contribution >= 4 is 6.08 Å². The fraction of sp³-hybridized carbons (Fsp3) is 0.667.